The minimum Gasteiger partial charge on any atom is -0.396 e. The predicted molar refractivity (Wildman–Crippen MR) is 57.0 cm³/mol. The van der Waals surface area contributed by atoms with Crippen LogP contribution in [0.1, 0.15) is 17.5 Å². The molecule has 0 heterocycles. The van der Waals surface area contributed by atoms with Crippen LogP contribution in [0.25, 0.3) is 0 Å². The Hall–Kier alpha value is -0.860. The summed E-state index contributed by atoms with van der Waals surface area (Å²) in [5.41, 5.74) is 8.47. The minimum atomic E-state index is -0.0612. The maximum absolute atomic E-state index is 9.39. The molecule has 14 heavy (non-hydrogen) atoms. The second-order valence-corrected chi connectivity index (χ2v) is 4.31. The third-order valence-corrected chi connectivity index (χ3v) is 3.38. The van der Waals surface area contributed by atoms with Crippen LogP contribution in [0.2, 0.25) is 0 Å². The van der Waals surface area contributed by atoms with Gasteiger partial charge in [-0.1, -0.05) is 24.3 Å². The summed E-state index contributed by atoms with van der Waals surface area (Å²) in [5.74, 6) is 0. The maximum Gasteiger partial charge on any atom is 0.0502 e. The van der Waals surface area contributed by atoms with E-state index in [0.29, 0.717) is 6.54 Å². The number of aliphatic hydroxyl groups is 1. The second-order valence-electron chi connectivity index (χ2n) is 4.31. The van der Waals surface area contributed by atoms with Crippen molar-refractivity contribution in [2.75, 3.05) is 13.2 Å². The zero-order valence-corrected chi connectivity index (χ0v) is 8.37. The van der Waals surface area contributed by atoms with Crippen LogP contribution in [0.4, 0.5) is 0 Å². The van der Waals surface area contributed by atoms with Gasteiger partial charge < -0.3 is 10.8 Å². The second kappa shape index (κ2) is 3.71. The molecule has 0 aromatic heterocycles. The molecule has 1 unspecified atom stereocenters. The molecule has 1 aliphatic rings. The summed E-state index contributed by atoms with van der Waals surface area (Å²) < 4.78 is 0. The van der Waals surface area contributed by atoms with Crippen LogP contribution in [0.3, 0.4) is 0 Å². The molecule has 0 amide bonds. The normalized spacial score (nSPS) is 25.9. The van der Waals surface area contributed by atoms with Gasteiger partial charge in [-0.15, -0.1) is 0 Å². The van der Waals surface area contributed by atoms with Crippen molar-refractivity contribution < 1.29 is 5.11 Å². The van der Waals surface area contributed by atoms with Gasteiger partial charge in [0.25, 0.3) is 0 Å². The highest BCUT2D eigenvalue weighted by molar-refractivity contribution is 5.31. The van der Waals surface area contributed by atoms with Crippen LogP contribution < -0.4 is 5.73 Å². The molecule has 0 fully saturated rings. The molecule has 3 N–H and O–H groups in total. The molecule has 1 aliphatic carbocycles. The summed E-state index contributed by atoms with van der Waals surface area (Å²) in [6.45, 7) is 0.787. The fourth-order valence-corrected chi connectivity index (χ4v) is 2.24. The summed E-state index contributed by atoms with van der Waals surface area (Å²) in [7, 11) is 0. The number of rotatable bonds is 2. The van der Waals surface area contributed by atoms with Crippen LogP contribution in [-0.4, -0.2) is 18.3 Å². The van der Waals surface area contributed by atoms with Crippen LogP contribution in [0.15, 0.2) is 24.3 Å². The molecule has 1 aromatic rings. The fourth-order valence-electron chi connectivity index (χ4n) is 2.24. The highest BCUT2D eigenvalue weighted by Gasteiger charge is 2.32. The van der Waals surface area contributed by atoms with Gasteiger partial charge in [-0.3, -0.25) is 0 Å². The Morgan fingerprint density at radius 3 is 2.64 bits per heavy atom. The zero-order valence-electron chi connectivity index (χ0n) is 8.37. The summed E-state index contributed by atoms with van der Waals surface area (Å²) in [6.07, 6.45) is 2.99. The Kier molecular flexibility index (Phi) is 2.57. The number of nitrogens with two attached hydrogens (primary N) is 1. The lowest BCUT2D eigenvalue weighted by Crippen LogP contribution is -2.39. The number of aliphatic hydroxyl groups excluding tert-OH is 1. The summed E-state index contributed by atoms with van der Waals surface area (Å²) in [4.78, 5) is 0. The van der Waals surface area contributed by atoms with E-state index in [9.17, 15) is 5.11 Å². The Morgan fingerprint density at radius 2 is 2.00 bits per heavy atom. The van der Waals surface area contributed by atoms with Crippen molar-refractivity contribution in [3.8, 4) is 0 Å². The van der Waals surface area contributed by atoms with Gasteiger partial charge in [0.2, 0.25) is 0 Å². The monoisotopic (exact) mass is 191 g/mol. The first-order chi connectivity index (χ1) is 6.79. The molecule has 0 saturated carbocycles. The van der Waals surface area contributed by atoms with Crippen LogP contribution in [-0.2, 0) is 12.8 Å². The van der Waals surface area contributed by atoms with Crippen molar-refractivity contribution in [2.45, 2.75) is 19.3 Å². The molecule has 2 nitrogen and oxygen atoms in total. The van der Waals surface area contributed by atoms with Crippen molar-refractivity contribution in [2.24, 2.45) is 11.1 Å². The number of hydrogen-bond acceptors (Lipinski definition) is 2. The van der Waals surface area contributed by atoms with Gasteiger partial charge in [0.1, 0.15) is 0 Å². The largest absolute Gasteiger partial charge is 0.396 e. The molecule has 2 rings (SSSR count). The number of aryl methyl sites for hydroxylation is 1. The van der Waals surface area contributed by atoms with E-state index in [1.165, 1.54) is 11.1 Å². The van der Waals surface area contributed by atoms with Crippen LogP contribution in [0, 0.1) is 5.41 Å². The lowest BCUT2D eigenvalue weighted by molar-refractivity contribution is 0.116. The molecule has 1 atom stereocenters. The smallest absolute Gasteiger partial charge is 0.0502 e. The van der Waals surface area contributed by atoms with E-state index < -0.39 is 0 Å². The molecule has 76 valence electrons. The lowest BCUT2D eigenvalue weighted by atomic mass is 9.72. The molecule has 0 aliphatic heterocycles. The van der Waals surface area contributed by atoms with Crippen molar-refractivity contribution in [3.05, 3.63) is 35.4 Å². The van der Waals surface area contributed by atoms with Crippen molar-refractivity contribution >= 4 is 0 Å². The zero-order chi connectivity index (χ0) is 10.0. The third kappa shape index (κ3) is 1.56. The first-order valence-electron chi connectivity index (χ1n) is 5.17. The molecule has 1 aromatic carbocycles. The van der Waals surface area contributed by atoms with Gasteiger partial charge >= 0.3 is 0 Å². The Morgan fingerprint density at radius 1 is 1.29 bits per heavy atom. The molecule has 0 spiro atoms. The highest BCUT2D eigenvalue weighted by atomic mass is 16.3. The molecule has 0 saturated heterocycles. The van der Waals surface area contributed by atoms with E-state index in [1.54, 1.807) is 0 Å². The summed E-state index contributed by atoms with van der Waals surface area (Å²) in [6, 6.07) is 8.46. The van der Waals surface area contributed by atoms with Crippen LogP contribution >= 0.6 is 0 Å². The van der Waals surface area contributed by atoms with Crippen LogP contribution in [0.5, 0.6) is 0 Å². The van der Waals surface area contributed by atoms with Crippen molar-refractivity contribution in [1.29, 1.82) is 0 Å². The van der Waals surface area contributed by atoms with Gasteiger partial charge in [-0.25, -0.2) is 0 Å². The van der Waals surface area contributed by atoms with E-state index in [0.717, 1.165) is 19.3 Å². The van der Waals surface area contributed by atoms with Gasteiger partial charge in [-0.05, 0) is 30.4 Å². The van der Waals surface area contributed by atoms with E-state index >= 15 is 0 Å². The van der Waals surface area contributed by atoms with Crippen molar-refractivity contribution in [1.82, 2.24) is 0 Å². The molecule has 0 radical (unpaired) electrons. The molecular weight excluding hydrogens is 174 g/mol. The van der Waals surface area contributed by atoms with Gasteiger partial charge in [0.15, 0.2) is 0 Å². The third-order valence-electron chi connectivity index (χ3n) is 3.38. The number of fused-ring (bicyclic) bond motifs is 1. The van der Waals surface area contributed by atoms with Gasteiger partial charge in [-0.2, -0.15) is 0 Å². The lowest BCUT2D eigenvalue weighted by Gasteiger charge is -2.35. The van der Waals surface area contributed by atoms with E-state index in [1.807, 2.05) is 0 Å². The SMILES string of the molecule is NCC1(CO)CCc2ccccc2C1. The molecule has 0 bridgehead atoms. The first kappa shape index (κ1) is 9.69. The average molecular weight is 191 g/mol. The fraction of sp³-hybridized carbons (Fsp3) is 0.500. The number of hydrogen-bond donors (Lipinski definition) is 2. The molecular formula is C12H17NO. The Bertz CT molecular complexity index is 318. The maximum atomic E-state index is 9.39. The van der Waals surface area contributed by atoms with E-state index in [2.05, 4.69) is 24.3 Å². The number of benzene rings is 1. The predicted octanol–water partition coefficient (Wildman–Crippen LogP) is 1.11. The summed E-state index contributed by atoms with van der Waals surface area (Å²) in [5, 5.41) is 9.39. The van der Waals surface area contributed by atoms with E-state index in [-0.39, 0.29) is 12.0 Å². The first-order valence-corrected chi connectivity index (χ1v) is 5.17. The molecule has 2 heteroatoms. The average Bonchev–Trinajstić information content (AvgIpc) is 2.28. The standard InChI is InChI=1S/C12H17NO/c13-8-12(9-14)6-5-10-3-1-2-4-11(10)7-12/h1-4,14H,5-9,13H2. The highest BCUT2D eigenvalue weighted by Crippen LogP contribution is 2.34. The Labute approximate surface area is 84.7 Å². The topological polar surface area (TPSA) is 46.2 Å². The van der Waals surface area contributed by atoms with Crippen molar-refractivity contribution in [3.63, 3.8) is 0 Å². The van der Waals surface area contributed by atoms with Gasteiger partial charge in [0.05, 0.1) is 6.61 Å². The minimum absolute atomic E-state index is 0.0612. The van der Waals surface area contributed by atoms with Gasteiger partial charge in [0, 0.05) is 12.0 Å². The van der Waals surface area contributed by atoms with E-state index in [4.69, 9.17) is 5.73 Å². The Balaban J connectivity index is 2.28. The quantitative estimate of drug-likeness (QED) is 0.735. The summed E-state index contributed by atoms with van der Waals surface area (Å²) >= 11 is 0.